The summed E-state index contributed by atoms with van der Waals surface area (Å²) >= 11 is 3.57. The fraction of sp³-hybridized carbons (Fsp3) is 0.294. The van der Waals surface area contributed by atoms with Gasteiger partial charge < -0.3 is 5.32 Å². The van der Waals surface area contributed by atoms with Gasteiger partial charge in [-0.25, -0.2) is 0 Å². The Kier molecular flexibility index (Phi) is 3.61. The second-order valence-corrected chi connectivity index (χ2v) is 6.13. The maximum atomic E-state index is 3.57. The Balaban J connectivity index is 1.70. The van der Waals surface area contributed by atoms with Crippen LogP contribution in [0.2, 0.25) is 0 Å². The van der Waals surface area contributed by atoms with Crippen LogP contribution in [0.5, 0.6) is 0 Å². The molecule has 3 rings (SSSR count). The van der Waals surface area contributed by atoms with E-state index in [1.807, 2.05) is 0 Å². The molecule has 0 spiro atoms. The second-order valence-electron chi connectivity index (χ2n) is 5.27. The van der Waals surface area contributed by atoms with Crippen LogP contribution in [0.15, 0.2) is 40.9 Å². The number of anilines is 1. The summed E-state index contributed by atoms with van der Waals surface area (Å²) in [6.45, 7) is 3.00. The number of rotatable bonds is 3. The SMILES string of the molecule is Cc1ccc(NCc2ccc3c(c2)CCC3)cc1Br. The largest absolute Gasteiger partial charge is 0.381 e. The number of benzene rings is 2. The minimum atomic E-state index is 0.892. The topological polar surface area (TPSA) is 12.0 Å². The quantitative estimate of drug-likeness (QED) is 0.853. The molecule has 19 heavy (non-hydrogen) atoms. The highest BCUT2D eigenvalue weighted by molar-refractivity contribution is 9.10. The molecule has 0 unspecified atom stereocenters. The summed E-state index contributed by atoms with van der Waals surface area (Å²) in [5, 5.41) is 3.49. The minimum absolute atomic E-state index is 0.892. The van der Waals surface area contributed by atoms with Crippen molar-refractivity contribution in [3.05, 3.63) is 63.1 Å². The third-order valence-corrected chi connectivity index (χ3v) is 4.69. The van der Waals surface area contributed by atoms with Crippen molar-refractivity contribution in [1.29, 1.82) is 0 Å². The number of hydrogen-bond acceptors (Lipinski definition) is 1. The van der Waals surface area contributed by atoms with E-state index in [4.69, 9.17) is 0 Å². The number of hydrogen-bond donors (Lipinski definition) is 1. The molecule has 0 atom stereocenters. The fourth-order valence-corrected chi connectivity index (χ4v) is 3.02. The van der Waals surface area contributed by atoms with E-state index in [-0.39, 0.29) is 0 Å². The van der Waals surface area contributed by atoms with E-state index in [1.54, 1.807) is 11.1 Å². The van der Waals surface area contributed by atoms with Crippen molar-refractivity contribution in [1.82, 2.24) is 0 Å². The summed E-state index contributed by atoms with van der Waals surface area (Å²) in [6.07, 6.45) is 3.82. The van der Waals surface area contributed by atoms with Crippen molar-refractivity contribution in [2.24, 2.45) is 0 Å². The van der Waals surface area contributed by atoms with E-state index in [0.717, 1.165) is 16.7 Å². The first kappa shape index (κ1) is 12.7. The van der Waals surface area contributed by atoms with Gasteiger partial charge in [-0.1, -0.05) is 40.2 Å². The number of aryl methyl sites for hydroxylation is 3. The van der Waals surface area contributed by atoms with Gasteiger partial charge in [-0.15, -0.1) is 0 Å². The van der Waals surface area contributed by atoms with Gasteiger partial charge in [0.15, 0.2) is 0 Å². The lowest BCUT2D eigenvalue weighted by molar-refractivity contribution is 0.911. The predicted molar refractivity (Wildman–Crippen MR) is 84.7 cm³/mol. The van der Waals surface area contributed by atoms with Crippen LogP contribution in [-0.4, -0.2) is 0 Å². The van der Waals surface area contributed by atoms with Crippen LogP contribution in [0.1, 0.15) is 28.7 Å². The van der Waals surface area contributed by atoms with Crippen LogP contribution in [0.4, 0.5) is 5.69 Å². The van der Waals surface area contributed by atoms with Gasteiger partial charge in [-0.05, 0) is 60.6 Å². The first-order chi connectivity index (χ1) is 9.22. The first-order valence-corrected chi connectivity index (χ1v) is 7.62. The lowest BCUT2D eigenvalue weighted by Crippen LogP contribution is -2.00. The fourth-order valence-electron chi connectivity index (χ4n) is 2.64. The van der Waals surface area contributed by atoms with Crippen molar-refractivity contribution in [2.45, 2.75) is 32.7 Å². The molecule has 0 amide bonds. The monoisotopic (exact) mass is 315 g/mol. The molecule has 1 nitrogen and oxygen atoms in total. The van der Waals surface area contributed by atoms with Crippen molar-refractivity contribution in [3.63, 3.8) is 0 Å². The molecule has 1 N–H and O–H groups in total. The molecule has 1 aliphatic carbocycles. The van der Waals surface area contributed by atoms with Crippen molar-refractivity contribution in [3.8, 4) is 0 Å². The Morgan fingerprint density at radius 2 is 1.89 bits per heavy atom. The van der Waals surface area contributed by atoms with Crippen LogP contribution in [0.3, 0.4) is 0 Å². The van der Waals surface area contributed by atoms with Gasteiger partial charge >= 0.3 is 0 Å². The Morgan fingerprint density at radius 3 is 2.74 bits per heavy atom. The Morgan fingerprint density at radius 1 is 1.05 bits per heavy atom. The van der Waals surface area contributed by atoms with Gasteiger partial charge in [-0.3, -0.25) is 0 Å². The summed E-state index contributed by atoms with van der Waals surface area (Å²) in [4.78, 5) is 0. The van der Waals surface area contributed by atoms with Gasteiger partial charge in [0, 0.05) is 16.7 Å². The lowest BCUT2D eigenvalue weighted by Gasteiger charge is -2.09. The lowest BCUT2D eigenvalue weighted by atomic mass is 10.1. The molecule has 0 aromatic heterocycles. The molecule has 0 heterocycles. The Hall–Kier alpha value is -1.28. The molecule has 98 valence electrons. The van der Waals surface area contributed by atoms with Gasteiger partial charge in [0.05, 0.1) is 0 Å². The average molecular weight is 316 g/mol. The van der Waals surface area contributed by atoms with Crippen LogP contribution in [-0.2, 0) is 19.4 Å². The molecule has 2 heteroatoms. The predicted octanol–water partition coefficient (Wildman–Crippen LogP) is 4.86. The van der Waals surface area contributed by atoms with E-state index in [0.29, 0.717) is 0 Å². The summed E-state index contributed by atoms with van der Waals surface area (Å²) in [6, 6.07) is 13.3. The number of nitrogens with one attached hydrogen (secondary N) is 1. The summed E-state index contributed by atoms with van der Waals surface area (Å²) in [5.41, 5.74) is 6.89. The molecule has 2 aromatic rings. The molecule has 2 aromatic carbocycles. The van der Waals surface area contributed by atoms with Gasteiger partial charge in [-0.2, -0.15) is 0 Å². The van der Waals surface area contributed by atoms with Gasteiger partial charge in [0.1, 0.15) is 0 Å². The zero-order valence-electron chi connectivity index (χ0n) is 11.2. The van der Waals surface area contributed by atoms with E-state index < -0.39 is 0 Å². The van der Waals surface area contributed by atoms with Crippen molar-refractivity contribution < 1.29 is 0 Å². The van der Waals surface area contributed by atoms with E-state index >= 15 is 0 Å². The van der Waals surface area contributed by atoms with Crippen LogP contribution in [0, 0.1) is 6.92 Å². The van der Waals surface area contributed by atoms with E-state index in [1.165, 1.54) is 30.4 Å². The molecule has 0 radical (unpaired) electrons. The maximum absolute atomic E-state index is 3.57. The number of halogens is 1. The summed E-state index contributed by atoms with van der Waals surface area (Å²) in [5.74, 6) is 0. The smallest absolute Gasteiger partial charge is 0.0400 e. The van der Waals surface area contributed by atoms with Crippen LogP contribution >= 0.6 is 15.9 Å². The van der Waals surface area contributed by atoms with Crippen molar-refractivity contribution >= 4 is 21.6 Å². The van der Waals surface area contributed by atoms with Gasteiger partial charge in [0.25, 0.3) is 0 Å². The third kappa shape index (κ3) is 2.84. The molecule has 0 saturated heterocycles. The normalized spacial score (nSPS) is 13.4. The summed E-state index contributed by atoms with van der Waals surface area (Å²) in [7, 11) is 0. The highest BCUT2D eigenvalue weighted by Crippen LogP contribution is 2.24. The zero-order chi connectivity index (χ0) is 13.2. The molecule has 0 saturated carbocycles. The third-order valence-electron chi connectivity index (χ3n) is 3.83. The standard InChI is InChI=1S/C17H18BrN/c1-12-5-8-16(10-17(12)18)19-11-13-6-7-14-3-2-4-15(14)9-13/h5-10,19H,2-4,11H2,1H3. The summed E-state index contributed by atoms with van der Waals surface area (Å²) < 4.78 is 1.16. The second kappa shape index (κ2) is 5.38. The maximum Gasteiger partial charge on any atom is 0.0400 e. The molecule has 1 aliphatic rings. The van der Waals surface area contributed by atoms with E-state index in [2.05, 4.69) is 64.6 Å². The molecular formula is C17H18BrN. The van der Waals surface area contributed by atoms with E-state index in [9.17, 15) is 0 Å². The minimum Gasteiger partial charge on any atom is -0.381 e. The number of fused-ring (bicyclic) bond motifs is 1. The molecular weight excluding hydrogens is 298 g/mol. The molecule has 0 aliphatic heterocycles. The van der Waals surface area contributed by atoms with Crippen LogP contribution in [0.25, 0.3) is 0 Å². The average Bonchev–Trinajstić information content (AvgIpc) is 2.87. The van der Waals surface area contributed by atoms with Crippen LogP contribution < -0.4 is 5.32 Å². The highest BCUT2D eigenvalue weighted by atomic mass is 79.9. The molecule has 0 bridgehead atoms. The Bertz CT molecular complexity index is 604. The van der Waals surface area contributed by atoms with Crippen molar-refractivity contribution in [2.75, 3.05) is 5.32 Å². The zero-order valence-corrected chi connectivity index (χ0v) is 12.8. The Labute approximate surface area is 123 Å². The highest BCUT2D eigenvalue weighted by Gasteiger charge is 2.10. The van der Waals surface area contributed by atoms with Gasteiger partial charge in [0.2, 0.25) is 0 Å². The first-order valence-electron chi connectivity index (χ1n) is 6.83. The molecule has 0 fully saturated rings.